The molecule has 0 aliphatic heterocycles. The SMILES string of the molecule is CCC(C)(C)NC(=O)c1cc(Br)c(C)c(S(N)(=O)=O)c1. The van der Waals surface area contributed by atoms with E-state index in [0.717, 1.165) is 6.42 Å². The van der Waals surface area contributed by atoms with E-state index in [-0.39, 0.29) is 21.9 Å². The number of rotatable bonds is 4. The van der Waals surface area contributed by atoms with Crippen molar-refractivity contribution in [2.75, 3.05) is 0 Å². The Morgan fingerprint density at radius 2 is 1.95 bits per heavy atom. The van der Waals surface area contributed by atoms with E-state index in [4.69, 9.17) is 5.14 Å². The highest BCUT2D eigenvalue weighted by molar-refractivity contribution is 9.10. The van der Waals surface area contributed by atoms with Gasteiger partial charge in [0.1, 0.15) is 0 Å². The van der Waals surface area contributed by atoms with Crippen LogP contribution in [0.1, 0.15) is 43.1 Å². The number of halogens is 1. The fourth-order valence-corrected chi connectivity index (χ4v) is 2.97. The average Bonchev–Trinajstić information content (AvgIpc) is 2.30. The summed E-state index contributed by atoms with van der Waals surface area (Å²) >= 11 is 3.25. The molecule has 1 aromatic carbocycles. The summed E-state index contributed by atoms with van der Waals surface area (Å²) < 4.78 is 23.6. The van der Waals surface area contributed by atoms with Crippen molar-refractivity contribution in [3.8, 4) is 0 Å². The van der Waals surface area contributed by atoms with Gasteiger partial charge in [-0.25, -0.2) is 13.6 Å². The number of amides is 1. The molecule has 0 saturated carbocycles. The van der Waals surface area contributed by atoms with Crippen LogP contribution in [0.3, 0.4) is 0 Å². The molecule has 3 N–H and O–H groups in total. The highest BCUT2D eigenvalue weighted by Crippen LogP contribution is 2.25. The normalized spacial score (nSPS) is 12.3. The van der Waals surface area contributed by atoms with Crippen molar-refractivity contribution in [1.29, 1.82) is 0 Å². The third-order valence-electron chi connectivity index (χ3n) is 3.20. The van der Waals surface area contributed by atoms with Gasteiger partial charge < -0.3 is 5.32 Å². The molecule has 0 atom stereocenters. The smallest absolute Gasteiger partial charge is 0.251 e. The third-order valence-corrected chi connectivity index (χ3v) is 5.06. The second-order valence-corrected chi connectivity index (χ2v) is 7.70. The van der Waals surface area contributed by atoms with Gasteiger partial charge in [0.05, 0.1) is 4.90 Å². The minimum atomic E-state index is -3.87. The Bertz CT molecular complexity index is 639. The van der Waals surface area contributed by atoms with Crippen LogP contribution in [0.4, 0.5) is 0 Å². The van der Waals surface area contributed by atoms with Gasteiger partial charge in [-0.15, -0.1) is 0 Å². The van der Waals surface area contributed by atoms with Gasteiger partial charge in [-0.3, -0.25) is 4.79 Å². The monoisotopic (exact) mass is 362 g/mol. The fraction of sp³-hybridized carbons (Fsp3) is 0.462. The Morgan fingerprint density at radius 1 is 1.40 bits per heavy atom. The first-order valence-corrected chi connectivity index (χ1v) is 8.47. The summed E-state index contributed by atoms with van der Waals surface area (Å²) in [5, 5.41) is 8.02. The third kappa shape index (κ3) is 4.04. The van der Waals surface area contributed by atoms with E-state index < -0.39 is 10.0 Å². The molecule has 0 fully saturated rings. The Kier molecular flexibility index (Phi) is 4.99. The van der Waals surface area contributed by atoms with Crippen molar-refractivity contribution in [3.05, 3.63) is 27.7 Å². The summed E-state index contributed by atoms with van der Waals surface area (Å²) in [5.74, 6) is -0.331. The summed E-state index contributed by atoms with van der Waals surface area (Å²) in [6.45, 7) is 7.38. The average molecular weight is 363 g/mol. The minimum Gasteiger partial charge on any atom is -0.347 e. The van der Waals surface area contributed by atoms with Crippen molar-refractivity contribution >= 4 is 31.9 Å². The Hall–Kier alpha value is -0.920. The van der Waals surface area contributed by atoms with Gasteiger partial charge in [0, 0.05) is 15.6 Å². The number of primary sulfonamides is 1. The van der Waals surface area contributed by atoms with Gasteiger partial charge in [-0.1, -0.05) is 22.9 Å². The number of carbonyl (C=O) groups is 1. The topological polar surface area (TPSA) is 89.3 Å². The number of nitrogens with two attached hydrogens (primary N) is 1. The first-order valence-electron chi connectivity index (χ1n) is 6.13. The van der Waals surface area contributed by atoms with E-state index in [9.17, 15) is 13.2 Å². The van der Waals surface area contributed by atoms with Crippen LogP contribution in [-0.2, 0) is 10.0 Å². The van der Waals surface area contributed by atoms with Crippen LogP contribution in [0.2, 0.25) is 0 Å². The predicted octanol–water partition coefficient (Wildman–Crippen LogP) is 2.32. The second-order valence-electron chi connectivity index (χ2n) is 5.32. The van der Waals surface area contributed by atoms with Crippen LogP contribution in [-0.4, -0.2) is 19.9 Å². The molecular formula is C13H19BrN2O3S. The molecule has 5 nitrogen and oxygen atoms in total. The van der Waals surface area contributed by atoms with Crippen LogP contribution in [0.5, 0.6) is 0 Å². The van der Waals surface area contributed by atoms with Crippen molar-refractivity contribution in [3.63, 3.8) is 0 Å². The van der Waals surface area contributed by atoms with Crippen molar-refractivity contribution < 1.29 is 13.2 Å². The zero-order chi connectivity index (χ0) is 15.7. The molecule has 20 heavy (non-hydrogen) atoms. The van der Waals surface area contributed by atoms with E-state index >= 15 is 0 Å². The first kappa shape index (κ1) is 17.1. The highest BCUT2D eigenvalue weighted by atomic mass is 79.9. The largest absolute Gasteiger partial charge is 0.347 e. The van der Waals surface area contributed by atoms with Crippen LogP contribution < -0.4 is 10.5 Å². The lowest BCUT2D eigenvalue weighted by Gasteiger charge is -2.24. The molecule has 0 unspecified atom stereocenters. The molecule has 0 aliphatic carbocycles. The molecule has 7 heteroatoms. The Balaban J connectivity index is 3.28. The molecule has 0 saturated heterocycles. The lowest BCUT2D eigenvalue weighted by Crippen LogP contribution is -2.42. The van der Waals surface area contributed by atoms with Crippen molar-refractivity contribution in [1.82, 2.24) is 5.32 Å². The summed E-state index contributed by atoms with van der Waals surface area (Å²) in [6.07, 6.45) is 0.758. The highest BCUT2D eigenvalue weighted by Gasteiger charge is 2.22. The number of benzene rings is 1. The van der Waals surface area contributed by atoms with E-state index in [1.54, 1.807) is 13.0 Å². The van der Waals surface area contributed by atoms with Crippen molar-refractivity contribution in [2.24, 2.45) is 5.14 Å². The first-order chi connectivity index (χ1) is 8.98. The van der Waals surface area contributed by atoms with E-state index in [1.165, 1.54) is 6.07 Å². The van der Waals surface area contributed by atoms with Crippen LogP contribution in [0.25, 0.3) is 0 Å². The molecule has 0 heterocycles. The second kappa shape index (κ2) is 5.83. The Labute approximate surface area is 128 Å². The van der Waals surface area contributed by atoms with Gasteiger partial charge in [0.25, 0.3) is 5.91 Å². The molecule has 1 aromatic rings. The molecule has 1 rings (SSSR count). The summed E-state index contributed by atoms with van der Waals surface area (Å²) in [5.41, 5.74) is 0.378. The van der Waals surface area contributed by atoms with Gasteiger partial charge in [-0.05, 0) is 44.9 Å². The zero-order valence-corrected chi connectivity index (χ0v) is 14.4. The van der Waals surface area contributed by atoms with Crippen LogP contribution in [0.15, 0.2) is 21.5 Å². The fourth-order valence-electron chi connectivity index (χ4n) is 1.55. The number of nitrogens with one attached hydrogen (secondary N) is 1. The zero-order valence-electron chi connectivity index (χ0n) is 12.0. The molecule has 0 radical (unpaired) electrons. The molecule has 112 valence electrons. The van der Waals surface area contributed by atoms with Crippen molar-refractivity contribution in [2.45, 2.75) is 44.6 Å². The maximum atomic E-state index is 12.2. The van der Waals surface area contributed by atoms with E-state index in [2.05, 4.69) is 21.2 Å². The van der Waals surface area contributed by atoms with Crippen LogP contribution in [0, 0.1) is 6.92 Å². The lowest BCUT2D eigenvalue weighted by molar-refractivity contribution is 0.0911. The summed E-state index contributed by atoms with van der Waals surface area (Å²) in [6, 6.07) is 2.89. The van der Waals surface area contributed by atoms with E-state index in [0.29, 0.717) is 10.0 Å². The van der Waals surface area contributed by atoms with E-state index in [1.807, 2.05) is 20.8 Å². The standard InChI is InChI=1S/C13H19BrN2O3S/c1-5-13(3,4)16-12(17)9-6-10(14)8(2)11(7-9)20(15,18)19/h6-7H,5H2,1-4H3,(H,16,17)(H2,15,18,19). The number of hydrogen-bond acceptors (Lipinski definition) is 3. The Morgan fingerprint density at radius 3 is 2.40 bits per heavy atom. The summed E-state index contributed by atoms with van der Waals surface area (Å²) in [7, 11) is -3.87. The predicted molar refractivity (Wildman–Crippen MR) is 82.1 cm³/mol. The summed E-state index contributed by atoms with van der Waals surface area (Å²) in [4.78, 5) is 12.1. The molecule has 0 aliphatic rings. The van der Waals surface area contributed by atoms with Crippen LogP contribution >= 0.6 is 15.9 Å². The number of sulfonamides is 1. The molecular weight excluding hydrogens is 344 g/mol. The molecule has 0 bridgehead atoms. The maximum absolute atomic E-state index is 12.2. The van der Waals surface area contributed by atoms with Gasteiger partial charge in [0.15, 0.2) is 0 Å². The molecule has 1 amide bonds. The van der Waals surface area contributed by atoms with Gasteiger partial charge >= 0.3 is 0 Å². The maximum Gasteiger partial charge on any atom is 0.251 e. The number of carbonyl (C=O) groups excluding carboxylic acids is 1. The lowest BCUT2D eigenvalue weighted by atomic mass is 10.0. The van der Waals surface area contributed by atoms with Gasteiger partial charge in [-0.2, -0.15) is 0 Å². The van der Waals surface area contributed by atoms with Gasteiger partial charge in [0.2, 0.25) is 10.0 Å². The number of hydrogen-bond donors (Lipinski definition) is 2. The quantitative estimate of drug-likeness (QED) is 0.860. The minimum absolute atomic E-state index is 0.0497. The molecule has 0 spiro atoms. The molecule has 0 aromatic heterocycles.